The smallest absolute Gasteiger partial charge is 0.136 e. The quantitative estimate of drug-likeness (QED) is 0.762. The number of nitrogen functional groups attached to an aromatic ring is 1. The summed E-state index contributed by atoms with van der Waals surface area (Å²) in [6.45, 7) is 0. The molecule has 0 aliphatic heterocycles. The minimum atomic E-state index is 0.467. The van der Waals surface area contributed by atoms with Crippen molar-refractivity contribution in [3.8, 4) is 0 Å². The largest absolute Gasteiger partial charge is 0.384 e. The maximum atomic E-state index is 5.50. The highest BCUT2D eigenvalue weighted by atomic mass is 32.1. The number of hydrogen-bond acceptors (Lipinski definition) is 5. The molecule has 0 radical (unpaired) electrons. The molecule has 0 bridgehead atoms. The lowest BCUT2D eigenvalue weighted by Gasteiger charge is -2.01. The molecule has 0 saturated carbocycles. The van der Waals surface area contributed by atoms with Crippen molar-refractivity contribution in [2.45, 2.75) is 0 Å². The minimum absolute atomic E-state index is 0.467. The van der Waals surface area contributed by atoms with Gasteiger partial charge in [-0.2, -0.15) is 0 Å². The average Bonchev–Trinajstić information content (AvgIpc) is 2.57. The summed E-state index contributed by atoms with van der Waals surface area (Å²) in [7, 11) is 0. The zero-order chi connectivity index (χ0) is 9.10. The molecule has 0 aliphatic rings. The second-order valence-electron chi connectivity index (χ2n) is 2.43. The van der Waals surface area contributed by atoms with Crippen LogP contribution >= 0.6 is 11.3 Å². The second-order valence-corrected chi connectivity index (χ2v) is 3.38. The van der Waals surface area contributed by atoms with Crippen LogP contribution in [0.3, 0.4) is 0 Å². The molecule has 13 heavy (non-hydrogen) atoms. The molecule has 0 spiro atoms. The number of anilines is 3. The molecule has 0 amide bonds. The second kappa shape index (κ2) is 3.40. The summed E-state index contributed by atoms with van der Waals surface area (Å²) in [4.78, 5) is 7.82. The van der Waals surface area contributed by atoms with E-state index in [1.165, 1.54) is 6.33 Å². The van der Waals surface area contributed by atoms with Crippen LogP contribution in [-0.2, 0) is 0 Å². The summed E-state index contributed by atoms with van der Waals surface area (Å²) in [5, 5.41) is 6.14. The highest BCUT2D eigenvalue weighted by molar-refractivity contribution is 7.14. The molecular formula is C8H8N4S. The van der Waals surface area contributed by atoms with Crippen molar-refractivity contribution in [2.24, 2.45) is 0 Å². The first-order valence-electron chi connectivity index (χ1n) is 3.72. The molecule has 3 N–H and O–H groups in total. The van der Waals surface area contributed by atoms with E-state index in [0.717, 1.165) is 10.8 Å². The Labute approximate surface area is 79.5 Å². The molecule has 66 valence electrons. The van der Waals surface area contributed by atoms with E-state index < -0.39 is 0 Å². The molecule has 0 unspecified atom stereocenters. The highest BCUT2D eigenvalue weighted by Crippen LogP contribution is 2.19. The van der Waals surface area contributed by atoms with Gasteiger partial charge in [0, 0.05) is 6.07 Å². The third-order valence-electron chi connectivity index (χ3n) is 1.46. The van der Waals surface area contributed by atoms with Gasteiger partial charge in [-0.25, -0.2) is 9.97 Å². The molecule has 2 aromatic heterocycles. The fourth-order valence-corrected chi connectivity index (χ4v) is 1.54. The predicted molar refractivity (Wildman–Crippen MR) is 54.0 cm³/mol. The molecule has 0 aliphatic carbocycles. The minimum Gasteiger partial charge on any atom is -0.384 e. The predicted octanol–water partition coefficient (Wildman–Crippen LogP) is 1.86. The number of nitrogens with one attached hydrogen (secondary N) is 1. The number of aromatic nitrogens is 2. The lowest BCUT2D eigenvalue weighted by Crippen LogP contribution is -1.95. The van der Waals surface area contributed by atoms with E-state index in [0.29, 0.717) is 5.82 Å². The van der Waals surface area contributed by atoms with Gasteiger partial charge in [-0.05, 0) is 17.5 Å². The molecule has 4 nitrogen and oxygen atoms in total. The van der Waals surface area contributed by atoms with Crippen LogP contribution in [0.1, 0.15) is 0 Å². The van der Waals surface area contributed by atoms with Crippen LogP contribution in [0.15, 0.2) is 29.9 Å². The van der Waals surface area contributed by atoms with E-state index >= 15 is 0 Å². The van der Waals surface area contributed by atoms with Gasteiger partial charge >= 0.3 is 0 Å². The van der Waals surface area contributed by atoms with Gasteiger partial charge in [0.2, 0.25) is 0 Å². The van der Waals surface area contributed by atoms with Gasteiger partial charge in [0.1, 0.15) is 18.0 Å². The van der Waals surface area contributed by atoms with Crippen LogP contribution in [0, 0.1) is 0 Å². The van der Waals surface area contributed by atoms with E-state index in [2.05, 4.69) is 15.3 Å². The van der Waals surface area contributed by atoms with Gasteiger partial charge in [-0.15, -0.1) is 11.3 Å². The Morgan fingerprint density at radius 3 is 3.00 bits per heavy atom. The molecule has 2 rings (SSSR count). The number of hydrogen-bond donors (Lipinski definition) is 2. The SMILES string of the molecule is Nc1cc(Nc2cccs2)ncn1. The summed E-state index contributed by atoms with van der Waals surface area (Å²) in [6, 6.07) is 5.64. The van der Waals surface area contributed by atoms with E-state index in [4.69, 9.17) is 5.73 Å². The maximum Gasteiger partial charge on any atom is 0.136 e. The van der Waals surface area contributed by atoms with Gasteiger partial charge in [0.25, 0.3) is 0 Å². The number of thiophene rings is 1. The van der Waals surface area contributed by atoms with Gasteiger partial charge < -0.3 is 11.1 Å². The number of nitrogens with zero attached hydrogens (tertiary/aromatic N) is 2. The van der Waals surface area contributed by atoms with Gasteiger partial charge in [0.15, 0.2) is 0 Å². The van der Waals surface area contributed by atoms with Crippen LogP contribution in [0.5, 0.6) is 0 Å². The first-order chi connectivity index (χ1) is 6.34. The molecule has 2 heterocycles. The first-order valence-corrected chi connectivity index (χ1v) is 4.60. The van der Waals surface area contributed by atoms with Gasteiger partial charge in [-0.1, -0.05) is 0 Å². The van der Waals surface area contributed by atoms with Crippen molar-refractivity contribution in [1.29, 1.82) is 0 Å². The fraction of sp³-hybridized carbons (Fsp3) is 0. The monoisotopic (exact) mass is 192 g/mol. The van der Waals surface area contributed by atoms with Crippen molar-refractivity contribution in [1.82, 2.24) is 9.97 Å². The van der Waals surface area contributed by atoms with Crippen LogP contribution in [0.2, 0.25) is 0 Å². The van der Waals surface area contributed by atoms with Crippen LogP contribution in [-0.4, -0.2) is 9.97 Å². The normalized spacial score (nSPS) is 9.85. The topological polar surface area (TPSA) is 63.8 Å². The van der Waals surface area contributed by atoms with Crippen LogP contribution in [0.4, 0.5) is 16.6 Å². The van der Waals surface area contributed by atoms with Crippen LogP contribution in [0.25, 0.3) is 0 Å². The average molecular weight is 192 g/mol. The molecule has 0 saturated heterocycles. The summed E-state index contributed by atoms with van der Waals surface area (Å²) < 4.78 is 0. The summed E-state index contributed by atoms with van der Waals surface area (Å²) in [6.07, 6.45) is 1.44. The zero-order valence-electron chi connectivity index (χ0n) is 6.77. The molecule has 0 atom stereocenters. The molecule has 0 fully saturated rings. The Balaban J connectivity index is 2.19. The third kappa shape index (κ3) is 1.94. The van der Waals surface area contributed by atoms with E-state index in [9.17, 15) is 0 Å². The lowest BCUT2D eigenvalue weighted by atomic mass is 10.5. The Morgan fingerprint density at radius 2 is 2.31 bits per heavy atom. The molecular weight excluding hydrogens is 184 g/mol. The molecule has 2 aromatic rings. The lowest BCUT2D eigenvalue weighted by molar-refractivity contribution is 1.18. The van der Waals surface area contributed by atoms with Crippen LogP contribution < -0.4 is 11.1 Å². The van der Waals surface area contributed by atoms with Crippen molar-refractivity contribution in [3.05, 3.63) is 29.9 Å². The Morgan fingerprint density at radius 1 is 1.38 bits per heavy atom. The van der Waals surface area contributed by atoms with Gasteiger partial charge in [0.05, 0.1) is 5.00 Å². The fourth-order valence-electron chi connectivity index (χ4n) is 0.917. The first kappa shape index (κ1) is 8.00. The van der Waals surface area contributed by atoms with Crippen molar-refractivity contribution in [3.63, 3.8) is 0 Å². The van der Waals surface area contributed by atoms with Crippen molar-refractivity contribution in [2.75, 3.05) is 11.1 Å². The molecule has 0 aromatic carbocycles. The van der Waals surface area contributed by atoms with Gasteiger partial charge in [-0.3, -0.25) is 0 Å². The Kier molecular flexibility index (Phi) is 2.09. The van der Waals surface area contributed by atoms with E-state index in [1.54, 1.807) is 17.4 Å². The summed E-state index contributed by atoms with van der Waals surface area (Å²) in [5.74, 6) is 1.18. The van der Waals surface area contributed by atoms with Crippen molar-refractivity contribution < 1.29 is 0 Å². The van der Waals surface area contributed by atoms with E-state index in [-0.39, 0.29) is 0 Å². The number of nitrogens with two attached hydrogens (primary N) is 1. The third-order valence-corrected chi connectivity index (χ3v) is 2.25. The Bertz CT molecular complexity index is 385. The summed E-state index contributed by atoms with van der Waals surface area (Å²) >= 11 is 1.61. The number of rotatable bonds is 2. The zero-order valence-corrected chi connectivity index (χ0v) is 7.58. The summed E-state index contributed by atoms with van der Waals surface area (Å²) in [5.41, 5.74) is 5.50. The van der Waals surface area contributed by atoms with E-state index in [1.807, 2.05) is 17.5 Å². The molecule has 5 heteroatoms. The Hall–Kier alpha value is -1.62. The standard InChI is InChI=1S/C8H8N4S/c9-6-4-7(11-5-10-6)12-8-2-1-3-13-8/h1-5H,(H3,9,10,11,12). The highest BCUT2D eigenvalue weighted by Gasteiger charge is 1.96. The maximum absolute atomic E-state index is 5.50. The van der Waals surface area contributed by atoms with Crippen molar-refractivity contribution >= 4 is 28.0 Å².